The lowest BCUT2D eigenvalue weighted by molar-refractivity contribution is 0.192. The maximum atomic E-state index is 13.3. The summed E-state index contributed by atoms with van der Waals surface area (Å²) in [5, 5.41) is 11.4. The van der Waals surface area contributed by atoms with E-state index in [-0.39, 0.29) is 25.0 Å². The summed E-state index contributed by atoms with van der Waals surface area (Å²) < 4.78 is 13.3. The molecule has 4 nitrogen and oxygen atoms in total. The lowest BCUT2D eigenvalue weighted by atomic mass is 10.2. The van der Waals surface area contributed by atoms with Crippen molar-refractivity contribution in [3.05, 3.63) is 29.6 Å². The SMILES string of the molecule is CCN(CCO)C(=O)Nc1cccc(F)c1C. The van der Waals surface area contributed by atoms with E-state index in [2.05, 4.69) is 5.32 Å². The molecule has 0 saturated heterocycles. The van der Waals surface area contributed by atoms with Crippen molar-refractivity contribution < 1.29 is 14.3 Å². The molecule has 0 aliphatic carbocycles. The first-order chi connectivity index (χ1) is 8.10. The largest absolute Gasteiger partial charge is 0.395 e. The third-order valence-corrected chi connectivity index (χ3v) is 2.55. The molecule has 0 bridgehead atoms. The van der Waals surface area contributed by atoms with Crippen LogP contribution in [0.1, 0.15) is 12.5 Å². The van der Waals surface area contributed by atoms with E-state index in [9.17, 15) is 9.18 Å². The summed E-state index contributed by atoms with van der Waals surface area (Å²) in [6.07, 6.45) is 0. The van der Waals surface area contributed by atoms with E-state index >= 15 is 0 Å². The molecule has 5 heteroatoms. The van der Waals surface area contributed by atoms with Crippen LogP contribution in [0.25, 0.3) is 0 Å². The Labute approximate surface area is 100 Å². The van der Waals surface area contributed by atoms with Gasteiger partial charge in [-0.3, -0.25) is 0 Å². The smallest absolute Gasteiger partial charge is 0.321 e. The summed E-state index contributed by atoms with van der Waals surface area (Å²) in [5.41, 5.74) is 0.854. The van der Waals surface area contributed by atoms with Gasteiger partial charge in [0.05, 0.1) is 6.61 Å². The molecule has 0 spiro atoms. The number of carbonyl (C=O) groups excluding carboxylic acids is 1. The molecule has 1 aromatic rings. The van der Waals surface area contributed by atoms with Crippen LogP contribution in [0.3, 0.4) is 0 Å². The predicted molar refractivity (Wildman–Crippen MR) is 64.5 cm³/mol. The second-order valence-electron chi connectivity index (χ2n) is 3.65. The van der Waals surface area contributed by atoms with E-state index in [0.29, 0.717) is 17.8 Å². The molecule has 0 atom stereocenters. The van der Waals surface area contributed by atoms with Crippen LogP contribution in [0.4, 0.5) is 14.9 Å². The second-order valence-corrected chi connectivity index (χ2v) is 3.65. The summed E-state index contributed by atoms with van der Waals surface area (Å²) >= 11 is 0. The Bertz CT molecular complexity index is 396. The number of likely N-dealkylation sites (N-methyl/N-ethyl adjacent to an activating group) is 1. The van der Waals surface area contributed by atoms with Gasteiger partial charge >= 0.3 is 6.03 Å². The Morgan fingerprint density at radius 3 is 2.82 bits per heavy atom. The van der Waals surface area contributed by atoms with Gasteiger partial charge in [-0.25, -0.2) is 9.18 Å². The van der Waals surface area contributed by atoms with Crippen molar-refractivity contribution in [2.45, 2.75) is 13.8 Å². The molecule has 2 N–H and O–H groups in total. The number of aliphatic hydroxyl groups excluding tert-OH is 1. The van der Waals surface area contributed by atoms with Crippen LogP contribution in [-0.2, 0) is 0 Å². The zero-order valence-corrected chi connectivity index (χ0v) is 10.0. The Kier molecular flexibility index (Phi) is 4.90. The predicted octanol–water partition coefficient (Wildman–Crippen LogP) is 1.98. The number of rotatable bonds is 4. The number of urea groups is 1. The molecule has 0 unspecified atom stereocenters. The number of hydrogen-bond acceptors (Lipinski definition) is 2. The fourth-order valence-corrected chi connectivity index (χ4v) is 1.46. The Morgan fingerprint density at radius 1 is 1.53 bits per heavy atom. The van der Waals surface area contributed by atoms with Gasteiger partial charge in [0, 0.05) is 24.3 Å². The maximum absolute atomic E-state index is 13.3. The first-order valence-electron chi connectivity index (χ1n) is 5.52. The minimum Gasteiger partial charge on any atom is -0.395 e. The summed E-state index contributed by atoms with van der Waals surface area (Å²) in [5.74, 6) is -0.354. The van der Waals surface area contributed by atoms with Gasteiger partial charge < -0.3 is 15.3 Å². The molecule has 0 heterocycles. The highest BCUT2D eigenvalue weighted by Gasteiger charge is 2.12. The molecule has 0 aromatic heterocycles. The van der Waals surface area contributed by atoms with Crippen molar-refractivity contribution in [1.82, 2.24) is 4.90 Å². The van der Waals surface area contributed by atoms with Crippen LogP contribution in [0, 0.1) is 12.7 Å². The lowest BCUT2D eigenvalue weighted by Crippen LogP contribution is -2.37. The van der Waals surface area contributed by atoms with Gasteiger partial charge in [-0.2, -0.15) is 0 Å². The molecule has 0 fully saturated rings. The number of nitrogens with zero attached hydrogens (tertiary/aromatic N) is 1. The molecule has 1 aromatic carbocycles. The molecule has 17 heavy (non-hydrogen) atoms. The summed E-state index contributed by atoms with van der Waals surface area (Å²) in [6.45, 7) is 4.07. The standard InChI is InChI=1S/C12H17FN2O2/c1-3-15(7-8-16)12(17)14-11-6-4-5-10(13)9(11)2/h4-6,16H,3,7-8H2,1-2H3,(H,14,17). The number of aliphatic hydroxyl groups is 1. The zero-order chi connectivity index (χ0) is 12.8. The molecule has 1 rings (SSSR count). The van der Waals surface area contributed by atoms with Crippen molar-refractivity contribution in [3.8, 4) is 0 Å². The van der Waals surface area contributed by atoms with Crippen LogP contribution in [-0.4, -0.2) is 35.7 Å². The number of benzene rings is 1. The van der Waals surface area contributed by atoms with Gasteiger partial charge in [0.25, 0.3) is 0 Å². The van der Waals surface area contributed by atoms with Gasteiger partial charge in [-0.15, -0.1) is 0 Å². The Morgan fingerprint density at radius 2 is 2.24 bits per heavy atom. The molecule has 0 radical (unpaired) electrons. The lowest BCUT2D eigenvalue weighted by Gasteiger charge is -2.20. The zero-order valence-electron chi connectivity index (χ0n) is 10.0. The van der Waals surface area contributed by atoms with Gasteiger partial charge in [-0.1, -0.05) is 6.07 Å². The van der Waals surface area contributed by atoms with E-state index in [0.717, 1.165) is 0 Å². The van der Waals surface area contributed by atoms with E-state index < -0.39 is 0 Å². The normalized spacial score (nSPS) is 10.1. The fraction of sp³-hybridized carbons (Fsp3) is 0.417. The van der Waals surface area contributed by atoms with Crippen molar-refractivity contribution in [1.29, 1.82) is 0 Å². The van der Waals surface area contributed by atoms with Gasteiger partial charge in [0.15, 0.2) is 0 Å². The minimum atomic E-state index is -0.354. The average molecular weight is 240 g/mol. The molecule has 2 amide bonds. The van der Waals surface area contributed by atoms with Gasteiger partial charge in [-0.05, 0) is 26.0 Å². The highest BCUT2D eigenvalue weighted by molar-refractivity contribution is 5.90. The van der Waals surface area contributed by atoms with Gasteiger partial charge in [0.2, 0.25) is 0 Å². The number of nitrogens with one attached hydrogen (secondary N) is 1. The van der Waals surface area contributed by atoms with Crippen molar-refractivity contribution in [2.75, 3.05) is 25.0 Å². The molecular weight excluding hydrogens is 223 g/mol. The average Bonchev–Trinajstić information content (AvgIpc) is 2.31. The maximum Gasteiger partial charge on any atom is 0.321 e. The Balaban J connectivity index is 2.76. The molecule has 0 aliphatic rings. The topological polar surface area (TPSA) is 52.6 Å². The summed E-state index contributed by atoms with van der Waals surface area (Å²) in [6, 6.07) is 4.19. The third kappa shape index (κ3) is 3.42. The molecular formula is C12H17FN2O2. The quantitative estimate of drug-likeness (QED) is 0.845. The number of carbonyl (C=O) groups is 1. The van der Waals surface area contributed by atoms with E-state index in [1.807, 2.05) is 6.92 Å². The molecule has 0 saturated carbocycles. The summed E-state index contributed by atoms with van der Waals surface area (Å²) in [7, 11) is 0. The minimum absolute atomic E-state index is 0.0939. The van der Waals surface area contributed by atoms with Crippen LogP contribution in [0.5, 0.6) is 0 Å². The number of anilines is 1. The van der Waals surface area contributed by atoms with Crippen LogP contribution in [0.2, 0.25) is 0 Å². The Hall–Kier alpha value is -1.62. The van der Waals surface area contributed by atoms with Crippen molar-refractivity contribution in [2.24, 2.45) is 0 Å². The first-order valence-corrected chi connectivity index (χ1v) is 5.52. The van der Waals surface area contributed by atoms with E-state index in [4.69, 9.17) is 5.11 Å². The van der Waals surface area contributed by atoms with Crippen molar-refractivity contribution >= 4 is 11.7 Å². The van der Waals surface area contributed by atoms with Gasteiger partial charge in [0.1, 0.15) is 5.82 Å². The highest BCUT2D eigenvalue weighted by atomic mass is 19.1. The van der Waals surface area contributed by atoms with E-state index in [1.54, 1.807) is 19.1 Å². The number of amides is 2. The second kappa shape index (κ2) is 6.20. The monoisotopic (exact) mass is 240 g/mol. The molecule has 0 aliphatic heterocycles. The van der Waals surface area contributed by atoms with E-state index in [1.165, 1.54) is 11.0 Å². The van der Waals surface area contributed by atoms with Crippen LogP contribution >= 0.6 is 0 Å². The third-order valence-electron chi connectivity index (χ3n) is 2.55. The fourth-order valence-electron chi connectivity index (χ4n) is 1.46. The van der Waals surface area contributed by atoms with Crippen LogP contribution in [0.15, 0.2) is 18.2 Å². The summed E-state index contributed by atoms with van der Waals surface area (Å²) in [4.78, 5) is 13.2. The number of hydrogen-bond donors (Lipinski definition) is 2. The highest BCUT2D eigenvalue weighted by Crippen LogP contribution is 2.17. The van der Waals surface area contributed by atoms with Crippen molar-refractivity contribution in [3.63, 3.8) is 0 Å². The van der Waals surface area contributed by atoms with Crippen LogP contribution < -0.4 is 5.32 Å². The molecule has 94 valence electrons. The first kappa shape index (κ1) is 13.4. The number of halogens is 1.